The number of hydrogen-bond donors (Lipinski definition) is 1. The maximum atomic E-state index is 5.53. The molecule has 6 heteroatoms. The third-order valence-electron chi connectivity index (χ3n) is 1.53. The van der Waals surface area contributed by atoms with Crippen LogP contribution in [0.2, 0.25) is 0 Å². The van der Waals surface area contributed by atoms with Crippen LogP contribution in [0.4, 0.5) is 5.95 Å². The molecule has 0 atom stereocenters. The van der Waals surface area contributed by atoms with Gasteiger partial charge in [0.25, 0.3) is 5.78 Å². The lowest BCUT2D eigenvalue weighted by atomic mass is 10.5. The average molecular weight is 164 g/mol. The number of fused-ring (bicyclic) bond motifs is 1. The van der Waals surface area contributed by atoms with Gasteiger partial charge in [0.05, 0.1) is 0 Å². The Morgan fingerprint density at radius 3 is 3.00 bits per heavy atom. The molecule has 0 aliphatic rings. The molecule has 0 bridgehead atoms. The maximum Gasteiger partial charge on any atom is 0.257 e. The van der Waals surface area contributed by atoms with Crippen molar-refractivity contribution in [3.05, 3.63) is 12.2 Å². The van der Waals surface area contributed by atoms with Gasteiger partial charge in [0.15, 0.2) is 5.82 Å². The van der Waals surface area contributed by atoms with E-state index in [-0.39, 0.29) is 0 Å². The minimum absolute atomic E-state index is 0.312. The van der Waals surface area contributed by atoms with Crippen LogP contribution < -0.4 is 5.73 Å². The third kappa shape index (κ3) is 0.884. The first kappa shape index (κ1) is 6.96. The molecule has 2 aromatic rings. The molecule has 0 aliphatic carbocycles. The van der Waals surface area contributed by atoms with E-state index < -0.39 is 0 Å². The molecule has 12 heavy (non-hydrogen) atoms. The second kappa shape index (κ2) is 2.40. The topological polar surface area (TPSA) is 82.0 Å². The van der Waals surface area contributed by atoms with Gasteiger partial charge in [-0.1, -0.05) is 6.92 Å². The zero-order valence-corrected chi connectivity index (χ0v) is 6.60. The molecule has 2 aromatic heterocycles. The molecular weight excluding hydrogens is 156 g/mol. The quantitative estimate of drug-likeness (QED) is 0.623. The Balaban J connectivity index is 2.74. The molecule has 2 rings (SSSR count). The summed E-state index contributed by atoms with van der Waals surface area (Å²) in [7, 11) is 0. The molecule has 0 spiro atoms. The van der Waals surface area contributed by atoms with E-state index in [1.54, 1.807) is 0 Å². The van der Waals surface area contributed by atoms with Crippen molar-refractivity contribution in [2.75, 3.05) is 5.73 Å². The number of aromatic nitrogens is 5. The van der Waals surface area contributed by atoms with Gasteiger partial charge in [0.1, 0.15) is 6.33 Å². The highest BCUT2D eigenvalue weighted by Gasteiger charge is 2.04. The summed E-state index contributed by atoms with van der Waals surface area (Å²) in [5.41, 5.74) is 5.53. The zero-order valence-electron chi connectivity index (χ0n) is 6.60. The fraction of sp³-hybridized carbons (Fsp3) is 0.333. The van der Waals surface area contributed by atoms with Gasteiger partial charge in [-0.25, -0.2) is 4.98 Å². The second-order valence-corrected chi connectivity index (χ2v) is 2.33. The Morgan fingerprint density at radius 2 is 2.33 bits per heavy atom. The SMILES string of the molecule is CCc1nc2ncnc(N)n2n1. The zero-order chi connectivity index (χ0) is 8.55. The van der Waals surface area contributed by atoms with Crippen molar-refractivity contribution in [3.8, 4) is 0 Å². The molecular formula is C6H8N6. The highest BCUT2D eigenvalue weighted by Crippen LogP contribution is 2.00. The van der Waals surface area contributed by atoms with Crippen LogP contribution in [0.25, 0.3) is 5.78 Å². The average Bonchev–Trinajstić information content (AvgIpc) is 2.49. The van der Waals surface area contributed by atoms with Crippen LogP contribution in [0.1, 0.15) is 12.7 Å². The highest BCUT2D eigenvalue weighted by molar-refractivity contribution is 5.32. The lowest BCUT2D eigenvalue weighted by Crippen LogP contribution is -2.02. The number of aryl methyl sites for hydroxylation is 1. The van der Waals surface area contributed by atoms with Crippen molar-refractivity contribution in [2.24, 2.45) is 0 Å². The normalized spacial score (nSPS) is 10.8. The summed E-state index contributed by atoms with van der Waals surface area (Å²) in [6.45, 7) is 1.97. The van der Waals surface area contributed by atoms with Gasteiger partial charge in [-0.3, -0.25) is 0 Å². The summed E-state index contributed by atoms with van der Waals surface area (Å²) < 4.78 is 1.43. The molecule has 0 amide bonds. The van der Waals surface area contributed by atoms with E-state index in [4.69, 9.17) is 5.73 Å². The van der Waals surface area contributed by atoms with E-state index in [9.17, 15) is 0 Å². The number of hydrogen-bond acceptors (Lipinski definition) is 5. The van der Waals surface area contributed by atoms with Crippen molar-refractivity contribution >= 4 is 11.7 Å². The Morgan fingerprint density at radius 1 is 1.50 bits per heavy atom. The predicted octanol–water partition coefficient (Wildman–Crippen LogP) is -0.336. The van der Waals surface area contributed by atoms with Crippen molar-refractivity contribution in [3.63, 3.8) is 0 Å². The summed E-state index contributed by atoms with van der Waals surface area (Å²) in [5.74, 6) is 1.54. The Hall–Kier alpha value is -1.72. The summed E-state index contributed by atoms with van der Waals surface area (Å²) in [5, 5.41) is 4.09. The summed E-state index contributed by atoms with van der Waals surface area (Å²) >= 11 is 0. The van der Waals surface area contributed by atoms with E-state index in [0.29, 0.717) is 11.7 Å². The van der Waals surface area contributed by atoms with E-state index in [0.717, 1.165) is 12.2 Å². The molecule has 0 unspecified atom stereocenters. The van der Waals surface area contributed by atoms with Gasteiger partial charge in [0.2, 0.25) is 5.95 Å². The Labute approximate surface area is 68.5 Å². The lowest BCUT2D eigenvalue weighted by molar-refractivity contribution is 0.866. The molecule has 0 fully saturated rings. The first-order valence-electron chi connectivity index (χ1n) is 3.63. The lowest BCUT2D eigenvalue weighted by Gasteiger charge is -1.91. The number of nitrogens with zero attached hydrogens (tertiary/aromatic N) is 5. The van der Waals surface area contributed by atoms with Crippen LogP contribution in [0, 0.1) is 0 Å². The first-order chi connectivity index (χ1) is 5.81. The van der Waals surface area contributed by atoms with Crippen LogP contribution in [0.15, 0.2) is 6.33 Å². The van der Waals surface area contributed by atoms with Gasteiger partial charge < -0.3 is 5.73 Å². The fourth-order valence-corrected chi connectivity index (χ4v) is 0.927. The molecule has 6 nitrogen and oxygen atoms in total. The van der Waals surface area contributed by atoms with E-state index in [2.05, 4.69) is 20.1 Å². The van der Waals surface area contributed by atoms with Crippen LogP contribution in [0.5, 0.6) is 0 Å². The molecule has 2 N–H and O–H groups in total. The van der Waals surface area contributed by atoms with E-state index in [1.165, 1.54) is 10.8 Å². The monoisotopic (exact) mass is 164 g/mol. The Bertz CT molecular complexity index is 405. The number of nitrogen functional groups attached to an aromatic ring is 1. The van der Waals surface area contributed by atoms with Gasteiger partial charge in [0, 0.05) is 6.42 Å². The number of anilines is 1. The van der Waals surface area contributed by atoms with Gasteiger partial charge in [-0.2, -0.15) is 14.5 Å². The van der Waals surface area contributed by atoms with E-state index in [1.807, 2.05) is 6.92 Å². The van der Waals surface area contributed by atoms with Crippen LogP contribution in [-0.4, -0.2) is 24.6 Å². The summed E-state index contributed by atoms with van der Waals surface area (Å²) in [6, 6.07) is 0. The number of nitrogens with two attached hydrogens (primary N) is 1. The predicted molar refractivity (Wildman–Crippen MR) is 42.4 cm³/mol. The third-order valence-corrected chi connectivity index (χ3v) is 1.53. The van der Waals surface area contributed by atoms with Crippen LogP contribution >= 0.6 is 0 Å². The van der Waals surface area contributed by atoms with Gasteiger partial charge in [-0.05, 0) is 0 Å². The van der Waals surface area contributed by atoms with Gasteiger partial charge in [-0.15, -0.1) is 5.10 Å². The molecule has 0 aromatic carbocycles. The number of rotatable bonds is 1. The van der Waals surface area contributed by atoms with Crippen LogP contribution in [0.3, 0.4) is 0 Å². The van der Waals surface area contributed by atoms with Crippen molar-refractivity contribution < 1.29 is 0 Å². The largest absolute Gasteiger partial charge is 0.368 e. The molecule has 0 radical (unpaired) electrons. The molecule has 0 saturated carbocycles. The summed E-state index contributed by atoms with van der Waals surface area (Å²) in [6.07, 6.45) is 2.14. The van der Waals surface area contributed by atoms with Crippen LogP contribution in [-0.2, 0) is 6.42 Å². The highest BCUT2D eigenvalue weighted by atomic mass is 15.4. The molecule has 0 aliphatic heterocycles. The van der Waals surface area contributed by atoms with Crippen molar-refractivity contribution in [2.45, 2.75) is 13.3 Å². The second-order valence-electron chi connectivity index (χ2n) is 2.33. The first-order valence-corrected chi connectivity index (χ1v) is 3.63. The van der Waals surface area contributed by atoms with E-state index >= 15 is 0 Å². The molecule has 0 saturated heterocycles. The minimum atomic E-state index is 0.312. The van der Waals surface area contributed by atoms with Crippen molar-refractivity contribution in [1.29, 1.82) is 0 Å². The smallest absolute Gasteiger partial charge is 0.257 e. The molecule has 2 heterocycles. The Kier molecular flexibility index (Phi) is 1.39. The minimum Gasteiger partial charge on any atom is -0.368 e. The molecule has 62 valence electrons. The maximum absolute atomic E-state index is 5.53. The standard InChI is InChI=1S/C6H8N6/c1-2-4-10-6-9-3-8-5(7)12(6)11-4/h3H,2H2,1H3,(H2,7,8,9,10,11). The van der Waals surface area contributed by atoms with Gasteiger partial charge >= 0.3 is 0 Å². The van der Waals surface area contributed by atoms with Crippen molar-refractivity contribution in [1.82, 2.24) is 24.6 Å². The fourth-order valence-electron chi connectivity index (χ4n) is 0.927. The summed E-state index contributed by atoms with van der Waals surface area (Å²) in [4.78, 5) is 11.8.